The number of nitrogens with two attached hydrogens (primary N) is 1. The topological polar surface area (TPSA) is 180 Å². The molecule has 2 aromatic heterocycles. The highest BCUT2D eigenvalue weighted by Crippen LogP contribution is 2.48. The highest BCUT2D eigenvalue weighted by molar-refractivity contribution is 7.52. The number of esters is 1. The molecule has 0 saturated carbocycles. The van der Waals surface area contributed by atoms with E-state index in [0.29, 0.717) is 11.2 Å². The Balaban J connectivity index is 1.55. The summed E-state index contributed by atoms with van der Waals surface area (Å²) in [6.45, 7) is 5.88. The van der Waals surface area contributed by atoms with Crippen LogP contribution in [0.2, 0.25) is 0 Å². The van der Waals surface area contributed by atoms with Gasteiger partial charge in [0.2, 0.25) is 0 Å². The maximum absolute atomic E-state index is 13.8. The predicted octanol–water partition coefficient (Wildman–Crippen LogP) is 2.00. The van der Waals surface area contributed by atoms with E-state index >= 15 is 0 Å². The van der Waals surface area contributed by atoms with Gasteiger partial charge in [-0.05, 0) is 52.0 Å². The van der Waals surface area contributed by atoms with Gasteiger partial charge in [0.25, 0.3) is 0 Å². The van der Waals surface area contributed by atoms with Gasteiger partial charge in [-0.25, -0.2) is 14.1 Å². The van der Waals surface area contributed by atoms with Crippen molar-refractivity contribution in [3.05, 3.63) is 54.5 Å². The SMILES string of the molecule is CC(C)OC(=O)[C@H](C)N[P@](=O)(OC[C@@]1(C)O[C@@H](c2ccc3c(N)ncnn23)[C@H](O)[C@@H]1O)Oc1ccccc1. The Morgan fingerprint density at radius 1 is 1.24 bits per heavy atom. The van der Waals surface area contributed by atoms with Gasteiger partial charge in [0.15, 0.2) is 5.82 Å². The number of fused-ring (bicyclic) bond motifs is 1. The number of aliphatic hydroxyl groups excluding tert-OH is 2. The van der Waals surface area contributed by atoms with E-state index in [-0.39, 0.29) is 17.7 Å². The maximum Gasteiger partial charge on any atom is 0.459 e. The van der Waals surface area contributed by atoms with Crippen LogP contribution in [0.4, 0.5) is 5.82 Å². The first kappa shape index (κ1) is 28.0. The first-order valence-electron chi connectivity index (χ1n) is 12.0. The van der Waals surface area contributed by atoms with Gasteiger partial charge in [-0.2, -0.15) is 10.2 Å². The van der Waals surface area contributed by atoms with Gasteiger partial charge in [0.1, 0.15) is 47.5 Å². The summed E-state index contributed by atoms with van der Waals surface area (Å²) in [5, 5.41) is 28.5. The molecule has 1 saturated heterocycles. The van der Waals surface area contributed by atoms with Crippen LogP contribution in [0.15, 0.2) is 48.8 Å². The number of anilines is 1. The minimum atomic E-state index is -4.23. The molecule has 0 unspecified atom stereocenters. The van der Waals surface area contributed by atoms with Crippen LogP contribution in [0.5, 0.6) is 5.75 Å². The van der Waals surface area contributed by atoms with Crippen molar-refractivity contribution in [2.75, 3.05) is 12.3 Å². The number of nitrogens with one attached hydrogen (secondary N) is 1. The number of benzene rings is 1. The first-order valence-corrected chi connectivity index (χ1v) is 13.6. The number of para-hydroxylation sites is 1. The van der Waals surface area contributed by atoms with Crippen LogP contribution in [0.25, 0.3) is 5.52 Å². The highest BCUT2D eigenvalue weighted by atomic mass is 31.2. The number of aromatic nitrogens is 3. The van der Waals surface area contributed by atoms with Gasteiger partial charge in [-0.1, -0.05) is 18.2 Å². The second-order valence-corrected chi connectivity index (χ2v) is 11.2. The van der Waals surface area contributed by atoms with Crippen molar-refractivity contribution in [3.8, 4) is 5.75 Å². The Morgan fingerprint density at radius 2 is 1.95 bits per heavy atom. The molecule has 0 spiro atoms. The average molecular weight is 550 g/mol. The molecule has 1 fully saturated rings. The fourth-order valence-electron chi connectivity index (χ4n) is 4.05. The van der Waals surface area contributed by atoms with Crippen molar-refractivity contribution < 1.29 is 38.1 Å². The number of aliphatic hydroxyl groups is 2. The zero-order valence-electron chi connectivity index (χ0n) is 21.4. The van der Waals surface area contributed by atoms with Crippen LogP contribution in [0, 0.1) is 0 Å². The van der Waals surface area contributed by atoms with Crippen molar-refractivity contribution in [2.24, 2.45) is 0 Å². The van der Waals surface area contributed by atoms with Gasteiger partial charge in [0, 0.05) is 0 Å². The first-order chi connectivity index (χ1) is 17.9. The molecule has 13 nitrogen and oxygen atoms in total. The second kappa shape index (κ2) is 11.0. The lowest BCUT2D eigenvalue weighted by atomic mass is 9.97. The lowest BCUT2D eigenvalue weighted by Crippen LogP contribution is -2.45. The van der Waals surface area contributed by atoms with E-state index in [1.807, 2.05) is 0 Å². The Hall–Kier alpha value is -3.06. The summed E-state index contributed by atoms with van der Waals surface area (Å²) in [5.41, 5.74) is 5.31. The van der Waals surface area contributed by atoms with Gasteiger partial charge in [-0.3, -0.25) is 9.32 Å². The molecule has 0 amide bonds. The van der Waals surface area contributed by atoms with Crippen LogP contribution >= 0.6 is 7.75 Å². The Labute approximate surface area is 219 Å². The molecule has 38 heavy (non-hydrogen) atoms. The molecule has 0 bridgehead atoms. The van der Waals surface area contributed by atoms with E-state index < -0.39 is 50.3 Å². The summed E-state index contributed by atoms with van der Waals surface area (Å²) < 4.78 is 37.9. The fraction of sp³-hybridized carbons (Fsp3) is 0.458. The quantitative estimate of drug-likeness (QED) is 0.214. The minimum Gasteiger partial charge on any atom is -0.462 e. The normalized spacial score (nSPS) is 25.8. The van der Waals surface area contributed by atoms with Crippen molar-refractivity contribution >= 4 is 25.1 Å². The Kier molecular flexibility index (Phi) is 8.07. The molecule has 1 aromatic carbocycles. The number of nitrogen functional groups attached to an aromatic ring is 1. The number of carbonyl (C=O) groups excluding carboxylic acids is 1. The zero-order valence-corrected chi connectivity index (χ0v) is 22.3. The maximum atomic E-state index is 13.8. The summed E-state index contributed by atoms with van der Waals surface area (Å²) in [4.78, 5) is 16.3. The smallest absolute Gasteiger partial charge is 0.459 e. The Bertz CT molecular complexity index is 1320. The number of rotatable bonds is 10. The summed E-state index contributed by atoms with van der Waals surface area (Å²) in [7, 11) is -4.23. The van der Waals surface area contributed by atoms with E-state index in [1.165, 1.54) is 24.7 Å². The van der Waals surface area contributed by atoms with E-state index in [2.05, 4.69) is 15.2 Å². The van der Waals surface area contributed by atoms with Crippen LogP contribution in [0.1, 0.15) is 39.5 Å². The van der Waals surface area contributed by atoms with E-state index in [1.54, 1.807) is 56.3 Å². The fourth-order valence-corrected chi connectivity index (χ4v) is 5.63. The molecule has 0 aliphatic carbocycles. The van der Waals surface area contributed by atoms with E-state index in [0.717, 1.165) is 0 Å². The number of ether oxygens (including phenoxy) is 2. The third-order valence-electron chi connectivity index (χ3n) is 6.01. The van der Waals surface area contributed by atoms with Crippen LogP contribution in [-0.4, -0.2) is 67.3 Å². The molecular formula is C24H32N5O8P. The third kappa shape index (κ3) is 5.83. The number of hydrogen-bond donors (Lipinski definition) is 4. The largest absolute Gasteiger partial charge is 0.462 e. The molecule has 206 valence electrons. The zero-order chi connectivity index (χ0) is 27.7. The summed E-state index contributed by atoms with van der Waals surface area (Å²) in [6, 6.07) is 10.5. The predicted molar refractivity (Wildman–Crippen MR) is 136 cm³/mol. The van der Waals surface area contributed by atoms with E-state index in [9.17, 15) is 19.6 Å². The summed E-state index contributed by atoms with van der Waals surface area (Å²) in [5.74, 6) is -0.193. The summed E-state index contributed by atoms with van der Waals surface area (Å²) in [6.07, 6.45) is -2.95. The monoisotopic (exact) mass is 549 g/mol. The highest BCUT2D eigenvalue weighted by Gasteiger charge is 2.54. The molecule has 0 radical (unpaired) electrons. The van der Waals surface area contributed by atoms with Gasteiger partial charge in [0.05, 0.1) is 18.4 Å². The molecule has 5 N–H and O–H groups in total. The van der Waals surface area contributed by atoms with E-state index in [4.69, 9.17) is 24.3 Å². The molecule has 1 aliphatic rings. The van der Waals surface area contributed by atoms with Crippen LogP contribution in [-0.2, 0) is 23.4 Å². The molecular weight excluding hydrogens is 517 g/mol. The lowest BCUT2D eigenvalue weighted by Gasteiger charge is -2.30. The number of carbonyl (C=O) groups is 1. The number of hydrogen-bond acceptors (Lipinski definition) is 11. The lowest BCUT2D eigenvalue weighted by molar-refractivity contribution is -0.149. The van der Waals surface area contributed by atoms with Crippen molar-refractivity contribution in [3.63, 3.8) is 0 Å². The minimum absolute atomic E-state index is 0.223. The standard InChI is InChI=1S/C24H32N5O8P/c1-14(2)35-23(32)15(3)28-38(33,37-16-8-6-5-7-9-16)34-12-24(4)21(31)19(30)20(36-24)17-10-11-18-22(25)26-13-27-29(17)18/h5-11,13-15,19-21,30-31H,12H2,1-4H3,(H,28,33)(H2,25,26,27)/t15-,19-,20-,21-,24+,38-/m0/s1. The van der Waals surface area contributed by atoms with Gasteiger partial charge in [-0.15, -0.1) is 0 Å². The van der Waals surface area contributed by atoms with Crippen LogP contribution in [0.3, 0.4) is 0 Å². The molecule has 3 aromatic rings. The second-order valence-electron chi connectivity index (χ2n) is 9.50. The summed E-state index contributed by atoms with van der Waals surface area (Å²) >= 11 is 0. The average Bonchev–Trinajstić information content (AvgIpc) is 3.39. The molecule has 4 rings (SSSR count). The molecule has 14 heteroatoms. The molecule has 3 heterocycles. The van der Waals surface area contributed by atoms with Crippen LogP contribution < -0.4 is 15.3 Å². The number of nitrogens with zero attached hydrogens (tertiary/aromatic N) is 3. The molecule has 6 atom stereocenters. The van der Waals surface area contributed by atoms with Crippen molar-refractivity contribution in [1.29, 1.82) is 0 Å². The third-order valence-corrected chi connectivity index (χ3v) is 7.63. The Morgan fingerprint density at radius 3 is 2.63 bits per heavy atom. The van der Waals surface area contributed by atoms with Crippen molar-refractivity contribution in [2.45, 2.75) is 63.8 Å². The molecule has 1 aliphatic heterocycles. The van der Waals surface area contributed by atoms with Gasteiger partial charge >= 0.3 is 13.7 Å². The van der Waals surface area contributed by atoms with Crippen molar-refractivity contribution in [1.82, 2.24) is 19.7 Å². The van der Waals surface area contributed by atoms with Gasteiger partial charge < -0.3 is 29.9 Å².